The third-order valence-electron chi connectivity index (χ3n) is 2.35. The summed E-state index contributed by atoms with van der Waals surface area (Å²) in [6.07, 6.45) is 5.14. The highest BCUT2D eigenvalue weighted by Gasteiger charge is 1.98. The van der Waals surface area contributed by atoms with Crippen molar-refractivity contribution in [1.29, 1.82) is 0 Å². The van der Waals surface area contributed by atoms with Crippen LogP contribution in [0.25, 0.3) is 0 Å². The van der Waals surface area contributed by atoms with Crippen LogP contribution in [0.1, 0.15) is 52.4 Å². The van der Waals surface area contributed by atoms with E-state index in [0.717, 1.165) is 12.3 Å². The first-order chi connectivity index (χ1) is 8.08. The zero-order valence-corrected chi connectivity index (χ0v) is 11.3. The minimum absolute atomic E-state index is 0.0804. The summed E-state index contributed by atoms with van der Waals surface area (Å²) in [5, 5.41) is 33.5. The van der Waals surface area contributed by atoms with Gasteiger partial charge in [0, 0.05) is 13.2 Å². The molecule has 0 amide bonds. The molecular weight excluding hydrogens is 220 g/mol. The van der Waals surface area contributed by atoms with E-state index in [1.54, 1.807) is 0 Å². The Morgan fingerprint density at radius 2 is 1.35 bits per heavy atom. The maximum absolute atomic E-state index is 8.63. The Morgan fingerprint density at radius 1 is 0.765 bits per heavy atom. The van der Waals surface area contributed by atoms with Crippen LogP contribution in [-0.2, 0) is 0 Å². The van der Waals surface area contributed by atoms with Crippen LogP contribution >= 0.6 is 0 Å². The van der Waals surface area contributed by atoms with Crippen molar-refractivity contribution in [2.45, 2.75) is 58.5 Å². The molecule has 0 heterocycles. The normalized spacial score (nSPS) is 12.2. The van der Waals surface area contributed by atoms with Crippen molar-refractivity contribution in [1.82, 2.24) is 0 Å². The molecule has 106 valence electrons. The predicted octanol–water partition coefficient (Wildman–Crippen LogP) is 1.31. The Kier molecular flexibility index (Phi) is 17.9. The van der Waals surface area contributed by atoms with Gasteiger partial charge in [-0.25, -0.2) is 0 Å². The topological polar surface area (TPSA) is 80.9 Å². The molecule has 4 heteroatoms. The third-order valence-corrected chi connectivity index (χ3v) is 2.35. The molecule has 0 aromatic rings. The van der Waals surface area contributed by atoms with E-state index in [-0.39, 0.29) is 13.2 Å². The van der Waals surface area contributed by atoms with Gasteiger partial charge in [-0.1, -0.05) is 33.1 Å². The molecule has 4 nitrogen and oxygen atoms in total. The van der Waals surface area contributed by atoms with Crippen molar-refractivity contribution in [2.75, 3.05) is 19.8 Å². The number of aliphatic hydroxyl groups is 4. The van der Waals surface area contributed by atoms with Gasteiger partial charge in [0.2, 0.25) is 0 Å². The van der Waals surface area contributed by atoms with Crippen LogP contribution in [-0.4, -0.2) is 46.4 Å². The summed E-state index contributed by atoms with van der Waals surface area (Å²) in [6, 6.07) is 0. The third kappa shape index (κ3) is 21.6. The van der Waals surface area contributed by atoms with E-state index in [2.05, 4.69) is 13.8 Å². The average molecular weight is 250 g/mol. The lowest BCUT2D eigenvalue weighted by Crippen LogP contribution is -2.11. The summed E-state index contributed by atoms with van der Waals surface area (Å²) in [5.74, 6) is 0.823. The Hall–Kier alpha value is -0.160. The van der Waals surface area contributed by atoms with E-state index in [1.807, 2.05) is 0 Å². The van der Waals surface area contributed by atoms with E-state index >= 15 is 0 Å². The van der Waals surface area contributed by atoms with Crippen molar-refractivity contribution in [3.05, 3.63) is 0 Å². The summed E-state index contributed by atoms with van der Waals surface area (Å²) in [6.45, 7) is 4.70. The molecule has 4 N–H and O–H groups in total. The number of hydrogen-bond donors (Lipinski definition) is 4. The highest BCUT2D eigenvalue weighted by atomic mass is 16.3. The zero-order valence-electron chi connectivity index (χ0n) is 11.3. The molecule has 0 aromatic carbocycles. The van der Waals surface area contributed by atoms with Crippen LogP contribution in [0.2, 0.25) is 0 Å². The number of hydrogen-bond acceptors (Lipinski definition) is 4. The van der Waals surface area contributed by atoms with Gasteiger partial charge in [0.05, 0.1) is 12.7 Å². The second-order valence-corrected chi connectivity index (χ2v) is 4.67. The van der Waals surface area contributed by atoms with Gasteiger partial charge in [0.25, 0.3) is 0 Å². The number of aliphatic hydroxyl groups excluding tert-OH is 4. The second kappa shape index (κ2) is 15.8. The van der Waals surface area contributed by atoms with Crippen LogP contribution in [0.4, 0.5) is 0 Å². The molecule has 0 saturated heterocycles. The summed E-state index contributed by atoms with van der Waals surface area (Å²) in [5.41, 5.74) is 0. The molecule has 1 atom stereocenters. The van der Waals surface area contributed by atoms with Gasteiger partial charge in [0.1, 0.15) is 0 Å². The van der Waals surface area contributed by atoms with Crippen LogP contribution < -0.4 is 0 Å². The predicted molar refractivity (Wildman–Crippen MR) is 69.8 cm³/mol. The Balaban J connectivity index is 0. The van der Waals surface area contributed by atoms with Crippen molar-refractivity contribution in [3.8, 4) is 0 Å². The molecule has 0 aromatic heterocycles. The molecule has 0 aliphatic rings. The highest BCUT2D eigenvalue weighted by molar-refractivity contribution is 4.50. The van der Waals surface area contributed by atoms with E-state index in [1.165, 1.54) is 19.3 Å². The lowest BCUT2D eigenvalue weighted by Gasteiger charge is -2.02. The number of unbranched alkanes of at least 4 members (excludes halogenated alkanes) is 2. The van der Waals surface area contributed by atoms with Crippen LogP contribution in [0.5, 0.6) is 0 Å². The molecule has 1 unspecified atom stereocenters. The minimum Gasteiger partial charge on any atom is -0.396 e. The fourth-order valence-electron chi connectivity index (χ4n) is 1.26. The Bertz CT molecular complexity index is 129. The fraction of sp³-hybridized carbons (Fsp3) is 1.00. The molecule has 0 spiro atoms. The Labute approximate surface area is 105 Å². The quantitative estimate of drug-likeness (QED) is 0.465. The molecule has 0 rings (SSSR count). The summed E-state index contributed by atoms with van der Waals surface area (Å²) in [4.78, 5) is 0. The van der Waals surface area contributed by atoms with Crippen molar-refractivity contribution in [2.24, 2.45) is 5.92 Å². The molecule has 0 aliphatic heterocycles. The molecule has 0 radical (unpaired) electrons. The van der Waals surface area contributed by atoms with Gasteiger partial charge in [-0.3, -0.25) is 0 Å². The molecule has 0 saturated carbocycles. The largest absolute Gasteiger partial charge is 0.396 e. The smallest absolute Gasteiger partial charge is 0.0771 e. The zero-order chi connectivity index (χ0) is 13.5. The molecular formula is C13H30O4. The monoisotopic (exact) mass is 250 g/mol. The van der Waals surface area contributed by atoms with Gasteiger partial charge in [-0.15, -0.1) is 0 Å². The van der Waals surface area contributed by atoms with Crippen molar-refractivity contribution < 1.29 is 20.4 Å². The first-order valence-corrected chi connectivity index (χ1v) is 6.59. The van der Waals surface area contributed by atoms with Crippen molar-refractivity contribution >= 4 is 0 Å². The van der Waals surface area contributed by atoms with E-state index in [0.29, 0.717) is 19.4 Å². The Morgan fingerprint density at radius 3 is 1.76 bits per heavy atom. The maximum Gasteiger partial charge on any atom is 0.0771 e. The summed E-state index contributed by atoms with van der Waals surface area (Å²) < 4.78 is 0. The van der Waals surface area contributed by atoms with Gasteiger partial charge in [-0.05, 0) is 25.2 Å². The van der Waals surface area contributed by atoms with E-state index in [9.17, 15) is 0 Å². The summed E-state index contributed by atoms with van der Waals surface area (Å²) >= 11 is 0. The van der Waals surface area contributed by atoms with Gasteiger partial charge < -0.3 is 20.4 Å². The molecule has 0 bridgehead atoms. The lowest BCUT2D eigenvalue weighted by molar-refractivity contribution is 0.0817. The first kappa shape index (κ1) is 19.2. The molecule has 0 aliphatic carbocycles. The van der Waals surface area contributed by atoms with Gasteiger partial charge in [0.15, 0.2) is 0 Å². The number of rotatable bonds is 9. The molecule has 0 fully saturated rings. The maximum atomic E-state index is 8.63. The standard InChI is InChI=1S/C8H18O.C5H12O3/c1-8(2)6-4-3-5-7-9;6-3-1-2-5(8)4-7/h8-9H,3-7H2,1-2H3;5-8H,1-4H2. The average Bonchev–Trinajstić information content (AvgIpc) is 2.32. The van der Waals surface area contributed by atoms with Crippen LogP contribution in [0.3, 0.4) is 0 Å². The summed E-state index contributed by atoms with van der Waals surface area (Å²) in [7, 11) is 0. The van der Waals surface area contributed by atoms with Gasteiger partial charge >= 0.3 is 0 Å². The molecule has 17 heavy (non-hydrogen) atoms. The first-order valence-electron chi connectivity index (χ1n) is 6.59. The van der Waals surface area contributed by atoms with E-state index in [4.69, 9.17) is 20.4 Å². The van der Waals surface area contributed by atoms with Crippen LogP contribution in [0, 0.1) is 5.92 Å². The highest BCUT2D eigenvalue weighted by Crippen LogP contribution is 2.06. The van der Waals surface area contributed by atoms with Gasteiger partial charge in [-0.2, -0.15) is 0 Å². The minimum atomic E-state index is -0.651. The van der Waals surface area contributed by atoms with Crippen molar-refractivity contribution in [3.63, 3.8) is 0 Å². The SMILES string of the molecule is CC(C)CCCCCO.OCCCC(O)CO. The second-order valence-electron chi connectivity index (χ2n) is 4.67. The van der Waals surface area contributed by atoms with Crippen LogP contribution in [0.15, 0.2) is 0 Å². The lowest BCUT2D eigenvalue weighted by atomic mass is 10.1. The fourth-order valence-corrected chi connectivity index (χ4v) is 1.26. The van der Waals surface area contributed by atoms with E-state index < -0.39 is 6.10 Å².